The van der Waals surface area contributed by atoms with Crippen molar-refractivity contribution in [3.8, 4) is 22.6 Å². The van der Waals surface area contributed by atoms with Gasteiger partial charge < -0.3 is 19.7 Å². The zero-order valence-corrected chi connectivity index (χ0v) is 20.1. The predicted octanol–water partition coefficient (Wildman–Crippen LogP) is 2.56. The first-order valence-corrected chi connectivity index (χ1v) is 12.3. The van der Waals surface area contributed by atoms with Gasteiger partial charge in [-0.1, -0.05) is 12.1 Å². The van der Waals surface area contributed by atoms with Crippen molar-refractivity contribution in [2.75, 3.05) is 33.5 Å². The van der Waals surface area contributed by atoms with E-state index >= 15 is 0 Å². The van der Waals surface area contributed by atoms with Crippen molar-refractivity contribution in [2.45, 2.75) is 24.2 Å². The largest absolute Gasteiger partial charge is 0.463 e. The molecule has 0 saturated heterocycles. The molecule has 3 aromatic rings. The number of nitrogens with one attached hydrogen (secondary N) is 1. The van der Waals surface area contributed by atoms with E-state index in [9.17, 15) is 31.5 Å². The Balaban J connectivity index is 1.96. The smallest absolute Gasteiger partial charge is 0.435 e. The predicted molar refractivity (Wildman–Crippen MR) is 121 cm³/mol. The number of ether oxygens (including phenoxy) is 1. The second-order valence-corrected chi connectivity index (χ2v) is 10.1. The van der Waals surface area contributed by atoms with Gasteiger partial charge in [-0.15, -0.1) is 0 Å². The molecular formula is C22H25F3N4O5S. The lowest BCUT2D eigenvalue weighted by molar-refractivity contribution is -0.146. The quantitative estimate of drug-likeness (QED) is 0.422. The van der Waals surface area contributed by atoms with Crippen LogP contribution in [-0.4, -0.2) is 72.7 Å². The number of hydrogen-bond donors (Lipinski definition) is 2. The van der Waals surface area contributed by atoms with Crippen LogP contribution in [0.25, 0.3) is 22.6 Å². The summed E-state index contributed by atoms with van der Waals surface area (Å²) in [5, 5.41) is 13.0. The first-order valence-electron chi connectivity index (χ1n) is 10.4. The third-order valence-corrected chi connectivity index (χ3v) is 6.24. The first-order chi connectivity index (χ1) is 16.3. The minimum atomic E-state index is -4.73. The number of rotatable bonds is 9. The lowest BCUT2D eigenvalue weighted by atomic mass is 10.1. The molecule has 13 heteroatoms. The molecule has 0 unspecified atom stereocenters. The lowest BCUT2D eigenvalue weighted by Crippen LogP contribution is -2.22. The van der Waals surface area contributed by atoms with Gasteiger partial charge in [0.2, 0.25) is 0 Å². The Bertz CT molecular complexity index is 1310. The van der Waals surface area contributed by atoms with Gasteiger partial charge >= 0.3 is 12.1 Å². The Morgan fingerprint density at radius 1 is 1.17 bits per heavy atom. The van der Waals surface area contributed by atoms with Crippen molar-refractivity contribution in [3.63, 3.8) is 0 Å². The van der Waals surface area contributed by atoms with Gasteiger partial charge in [0.05, 0.1) is 22.9 Å². The van der Waals surface area contributed by atoms with Crippen LogP contribution >= 0.6 is 0 Å². The fraction of sp³-hybridized carbons (Fsp3) is 0.364. The summed E-state index contributed by atoms with van der Waals surface area (Å²) in [6.07, 6.45) is -3.71. The van der Waals surface area contributed by atoms with E-state index in [2.05, 4.69) is 10.1 Å². The standard InChI is InChI=1S/C22H25F3N4O5S/c1-28(2)8-9-34-21(31)12-29-18(11-20(27-29)22(23,24)25)17-7-6-16(26-17)14-4-5-15(13-30)19(10-14)35(3,32)33/h4-7,10-11,26,30H,8-9,12-13H2,1-3H3. The van der Waals surface area contributed by atoms with Crippen LogP contribution in [0.15, 0.2) is 41.3 Å². The van der Waals surface area contributed by atoms with Crippen molar-refractivity contribution < 1.29 is 36.2 Å². The summed E-state index contributed by atoms with van der Waals surface area (Å²) in [4.78, 5) is 16.9. The molecule has 0 aliphatic rings. The van der Waals surface area contributed by atoms with Crippen LogP contribution in [0.5, 0.6) is 0 Å². The summed E-state index contributed by atoms with van der Waals surface area (Å²) >= 11 is 0. The van der Waals surface area contributed by atoms with Crippen LogP contribution < -0.4 is 0 Å². The molecule has 0 amide bonds. The number of likely N-dealkylation sites (N-methyl/N-ethyl adjacent to an activating group) is 1. The van der Waals surface area contributed by atoms with Gasteiger partial charge in [0.25, 0.3) is 0 Å². The molecule has 2 aromatic heterocycles. The second-order valence-electron chi connectivity index (χ2n) is 8.13. The summed E-state index contributed by atoms with van der Waals surface area (Å²) in [6, 6.07) is 8.30. The van der Waals surface area contributed by atoms with Crippen LogP contribution in [0.4, 0.5) is 13.2 Å². The van der Waals surface area contributed by atoms with Gasteiger partial charge in [-0.3, -0.25) is 9.48 Å². The highest BCUT2D eigenvalue weighted by Gasteiger charge is 2.35. The minimum Gasteiger partial charge on any atom is -0.463 e. The monoisotopic (exact) mass is 514 g/mol. The molecule has 3 rings (SSSR count). The third kappa shape index (κ3) is 6.50. The number of esters is 1. The maximum absolute atomic E-state index is 13.3. The van der Waals surface area contributed by atoms with Crippen LogP contribution in [0.2, 0.25) is 0 Å². The fourth-order valence-electron chi connectivity index (χ4n) is 3.31. The first kappa shape index (κ1) is 26.4. The maximum Gasteiger partial charge on any atom is 0.435 e. The van der Waals surface area contributed by atoms with E-state index in [0.29, 0.717) is 17.8 Å². The van der Waals surface area contributed by atoms with E-state index in [1.54, 1.807) is 31.1 Å². The van der Waals surface area contributed by atoms with Gasteiger partial charge in [0.1, 0.15) is 13.2 Å². The van der Waals surface area contributed by atoms with Gasteiger partial charge in [-0.05, 0) is 49.5 Å². The Labute approximate surface area is 200 Å². The number of carbonyl (C=O) groups is 1. The van der Waals surface area contributed by atoms with Gasteiger partial charge in [-0.25, -0.2) is 8.42 Å². The number of aliphatic hydroxyl groups excluding tert-OH is 1. The molecule has 0 radical (unpaired) electrons. The van der Waals surface area contributed by atoms with Crippen molar-refractivity contribution >= 4 is 15.8 Å². The summed E-state index contributed by atoms with van der Waals surface area (Å²) in [5.41, 5.74) is 0.156. The molecule has 2 heterocycles. The van der Waals surface area contributed by atoms with Gasteiger partial charge in [0, 0.05) is 18.5 Å². The highest BCUT2D eigenvalue weighted by atomic mass is 32.2. The topological polar surface area (TPSA) is 118 Å². The molecule has 0 fully saturated rings. The molecule has 0 bridgehead atoms. The molecule has 190 valence electrons. The Morgan fingerprint density at radius 3 is 2.46 bits per heavy atom. The minimum absolute atomic E-state index is 0.00319. The SMILES string of the molecule is CN(C)CCOC(=O)Cn1nc(C(F)(F)F)cc1-c1ccc(-c2ccc(CO)c(S(C)(=O)=O)c2)[nH]1. The number of aromatic nitrogens is 3. The Kier molecular flexibility index (Phi) is 7.72. The fourth-order valence-corrected chi connectivity index (χ4v) is 4.26. The number of nitrogens with zero attached hydrogens (tertiary/aromatic N) is 3. The molecule has 9 nitrogen and oxygen atoms in total. The number of H-pyrrole nitrogens is 1. The highest BCUT2D eigenvalue weighted by molar-refractivity contribution is 7.90. The lowest BCUT2D eigenvalue weighted by Gasteiger charge is -2.11. The van der Waals surface area contributed by atoms with Gasteiger partial charge in [0.15, 0.2) is 15.5 Å². The molecule has 0 saturated carbocycles. The number of carbonyl (C=O) groups excluding carboxylic acids is 1. The molecule has 1 aromatic carbocycles. The molecular weight excluding hydrogens is 489 g/mol. The second kappa shape index (κ2) is 10.2. The molecule has 0 aliphatic heterocycles. The van der Waals surface area contributed by atoms with Crippen LogP contribution in [0.1, 0.15) is 11.3 Å². The van der Waals surface area contributed by atoms with Crippen molar-refractivity contribution in [2.24, 2.45) is 0 Å². The van der Waals surface area contributed by atoms with E-state index in [4.69, 9.17) is 4.74 Å². The van der Waals surface area contributed by atoms with E-state index in [1.807, 2.05) is 0 Å². The zero-order chi connectivity index (χ0) is 26.0. The van der Waals surface area contributed by atoms with E-state index in [-0.39, 0.29) is 28.5 Å². The number of alkyl halides is 3. The molecule has 0 spiro atoms. The number of aromatic amines is 1. The van der Waals surface area contributed by atoms with E-state index in [1.165, 1.54) is 18.2 Å². The summed E-state index contributed by atoms with van der Waals surface area (Å²) in [5.74, 6) is -0.742. The Morgan fingerprint density at radius 2 is 1.86 bits per heavy atom. The number of benzene rings is 1. The van der Waals surface area contributed by atoms with Crippen LogP contribution in [-0.2, 0) is 38.7 Å². The number of sulfone groups is 1. The van der Waals surface area contributed by atoms with Gasteiger partial charge in [-0.2, -0.15) is 18.3 Å². The molecule has 0 atom stereocenters. The number of halogens is 3. The van der Waals surface area contributed by atoms with Crippen LogP contribution in [0, 0.1) is 0 Å². The Hall–Kier alpha value is -3.16. The average molecular weight is 515 g/mol. The number of hydrogen-bond acceptors (Lipinski definition) is 7. The number of aliphatic hydroxyl groups is 1. The van der Waals surface area contributed by atoms with Crippen molar-refractivity contribution in [1.29, 1.82) is 0 Å². The van der Waals surface area contributed by atoms with Crippen molar-refractivity contribution in [3.05, 3.63) is 47.7 Å². The van der Waals surface area contributed by atoms with E-state index < -0.39 is 40.8 Å². The van der Waals surface area contributed by atoms with E-state index in [0.717, 1.165) is 17.0 Å². The molecule has 0 aliphatic carbocycles. The summed E-state index contributed by atoms with van der Waals surface area (Å²) in [7, 11) is -0.0637. The normalized spacial score (nSPS) is 12.3. The summed E-state index contributed by atoms with van der Waals surface area (Å²) < 4.78 is 70.2. The molecule has 35 heavy (non-hydrogen) atoms. The third-order valence-electron chi connectivity index (χ3n) is 5.06. The van der Waals surface area contributed by atoms with Crippen molar-refractivity contribution in [1.82, 2.24) is 19.7 Å². The van der Waals surface area contributed by atoms with Crippen LogP contribution in [0.3, 0.4) is 0 Å². The average Bonchev–Trinajstić information content (AvgIpc) is 3.39. The summed E-state index contributed by atoms with van der Waals surface area (Å²) in [6.45, 7) is -0.469. The maximum atomic E-state index is 13.3. The highest BCUT2D eigenvalue weighted by Crippen LogP contribution is 2.33. The molecule has 2 N–H and O–H groups in total. The zero-order valence-electron chi connectivity index (χ0n) is 19.3.